The lowest BCUT2D eigenvalue weighted by Gasteiger charge is -2.49. The Bertz CT molecular complexity index is 792. The molecule has 4 nitrogen and oxygen atoms in total. The highest BCUT2D eigenvalue weighted by Gasteiger charge is 2.45. The number of anilines is 1. The van der Waals surface area contributed by atoms with Gasteiger partial charge in [-0.05, 0) is 29.8 Å². The summed E-state index contributed by atoms with van der Waals surface area (Å²) in [6.07, 6.45) is 1.90. The maximum absolute atomic E-state index is 13.2. The minimum Gasteiger partial charge on any atom is -1.00 e. The molecule has 3 fully saturated rings. The summed E-state index contributed by atoms with van der Waals surface area (Å²) in [5.41, 5.74) is 1.65. The molecule has 3 aliphatic rings. The highest BCUT2D eigenvalue weighted by molar-refractivity contribution is 5.87. The zero-order valence-corrected chi connectivity index (χ0v) is 18.2. The van der Waals surface area contributed by atoms with Crippen LogP contribution < -0.4 is 28.9 Å². The third kappa shape index (κ3) is 4.66. The van der Waals surface area contributed by atoms with Crippen LogP contribution in [0.1, 0.15) is 18.4 Å². The van der Waals surface area contributed by atoms with Crippen molar-refractivity contribution in [2.45, 2.75) is 25.5 Å². The Balaban J connectivity index is 0.00000225. The average molecular weight is 496 g/mol. The van der Waals surface area contributed by atoms with Gasteiger partial charge in [0.25, 0.3) is 0 Å². The minimum absolute atomic E-state index is 0. The van der Waals surface area contributed by atoms with Gasteiger partial charge in [0.15, 0.2) is 6.10 Å². The lowest BCUT2D eigenvalue weighted by molar-refractivity contribution is -0.928. The maximum atomic E-state index is 13.2. The molecule has 150 valence electrons. The molecule has 0 aliphatic carbocycles. The summed E-state index contributed by atoms with van der Waals surface area (Å²) < 4.78 is 20.2. The number of hydrogen-bond donors (Lipinski definition) is 0. The van der Waals surface area contributed by atoms with E-state index in [-0.39, 0.29) is 42.0 Å². The Morgan fingerprint density at radius 1 is 1.11 bits per heavy atom. The number of nitrogens with zero attached hydrogens (tertiary/aromatic N) is 2. The zero-order valence-electron chi connectivity index (χ0n) is 16.1. The van der Waals surface area contributed by atoms with Crippen molar-refractivity contribution >= 4 is 11.8 Å². The number of rotatable bonds is 4. The molecule has 0 N–H and O–H groups in total. The van der Waals surface area contributed by atoms with Crippen molar-refractivity contribution in [3.63, 3.8) is 0 Å². The van der Waals surface area contributed by atoms with Crippen LogP contribution in [0, 0.1) is 11.7 Å². The summed E-state index contributed by atoms with van der Waals surface area (Å²) in [7, 11) is 2.25. The van der Waals surface area contributed by atoms with Crippen LogP contribution in [0.4, 0.5) is 14.9 Å². The lowest BCUT2D eigenvalue weighted by Crippen LogP contribution is -3.00. The van der Waals surface area contributed by atoms with Crippen LogP contribution in [0.2, 0.25) is 0 Å². The number of para-hydroxylation sites is 1. The normalized spacial score (nSPS) is 25.6. The number of carbonyl (C=O) groups is 1. The molecule has 3 heterocycles. The fourth-order valence-electron chi connectivity index (χ4n) is 4.32. The van der Waals surface area contributed by atoms with Gasteiger partial charge in [-0.2, -0.15) is 0 Å². The Labute approximate surface area is 182 Å². The maximum Gasteiger partial charge on any atom is 0.415 e. The predicted octanol–water partition coefficient (Wildman–Crippen LogP) is 1.21. The first-order valence-electron chi connectivity index (χ1n) is 9.64. The van der Waals surface area contributed by atoms with E-state index in [0.29, 0.717) is 12.5 Å². The van der Waals surface area contributed by atoms with Crippen LogP contribution in [0.3, 0.4) is 0 Å². The summed E-state index contributed by atoms with van der Waals surface area (Å²) in [6, 6.07) is 15.8. The van der Waals surface area contributed by atoms with E-state index < -0.39 is 0 Å². The Hall–Kier alpha value is -1.67. The molecule has 1 atom stereocenters. The van der Waals surface area contributed by atoms with Crippen LogP contribution in [0.25, 0.3) is 0 Å². The van der Waals surface area contributed by atoms with Crippen molar-refractivity contribution in [3.8, 4) is 0 Å². The van der Waals surface area contributed by atoms with Crippen molar-refractivity contribution in [1.82, 2.24) is 0 Å². The van der Waals surface area contributed by atoms with Crippen molar-refractivity contribution in [2.24, 2.45) is 5.92 Å². The summed E-state index contributed by atoms with van der Waals surface area (Å²) >= 11 is 0. The second-order valence-electron chi connectivity index (χ2n) is 8.06. The third-order valence-corrected chi connectivity index (χ3v) is 6.02. The van der Waals surface area contributed by atoms with E-state index in [9.17, 15) is 9.18 Å². The highest BCUT2D eigenvalue weighted by atomic mass is 127. The molecule has 2 bridgehead atoms. The first-order chi connectivity index (χ1) is 13.0. The number of quaternary nitrogens is 1. The van der Waals surface area contributed by atoms with E-state index >= 15 is 0 Å². The van der Waals surface area contributed by atoms with Gasteiger partial charge < -0.3 is 33.2 Å². The Kier molecular flexibility index (Phi) is 6.60. The van der Waals surface area contributed by atoms with Gasteiger partial charge in [-0.3, -0.25) is 4.90 Å². The number of piperidine rings is 3. The fourth-order valence-corrected chi connectivity index (χ4v) is 4.32. The van der Waals surface area contributed by atoms with Crippen molar-refractivity contribution in [3.05, 3.63) is 66.0 Å². The number of carbonyl (C=O) groups excluding carboxylic acids is 1. The molecule has 5 rings (SSSR count). The third-order valence-electron chi connectivity index (χ3n) is 6.02. The average Bonchev–Trinajstić information content (AvgIpc) is 2.68. The van der Waals surface area contributed by atoms with Gasteiger partial charge >= 0.3 is 6.09 Å². The zero-order chi connectivity index (χ0) is 18.9. The standard InChI is InChI=1S/C22H26FN2O2.HI/c1-25-13-11-18(12-14-25)21(16-25)27-22(26)24(20-5-3-2-4-6-20)15-17-7-9-19(23)10-8-17;/h2-10,18,21H,11-16H2,1H3;1H/q+1;/p-1. The van der Waals surface area contributed by atoms with Gasteiger partial charge in [0.1, 0.15) is 12.4 Å². The van der Waals surface area contributed by atoms with Crippen LogP contribution in [0.15, 0.2) is 54.6 Å². The Morgan fingerprint density at radius 3 is 2.36 bits per heavy atom. The summed E-state index contributed by atoms with van der Waals surface area (Å²) in [5.74, 6) is 0.189. The highest BCUT2D eigenvalue weighted by Crippen LogP contribution is 2.34. The molecule has 0 radical (unpaired) electrons. The van der Waals surface area contributed by atoms with Crippen LogP contribution in [-0.2, 0) is 11.3 Å². The monoisotopic (exact) mass is 496 g/mol. The molecule has 0 saturated carbocycles. The second-order valence-corrected chi connectivity index (χ2v) is 8.06. The van der Waals surface area contributed by atoms with Crippen molar-refractivity contribution in [1.29, 1.82) is 0 Å². The van der Waals surface area contributed by atoms with Crippen LogP contribution >= 0.6 is 0 Å². The summed E-state index contributed by atoms with van der Waals surface area (Å²) in [4.78, 5) is 14.7. The largest absolute Gasteiger partial charge is 1.00 e. The van der Waals surface area contributed by atoms with E-state index in [1.165, 1.54) is 25.2 Å². The van der Waals surface area contributed by atoms with Gasteiger partial charge in [0, 0.05) is 24.4 Å². The van der Waals surface area contributed by atoms with E-state index in [1.54, 1.807) is 17.0 Å². The van der Waals surface area contributed by atoms with E-state index in [1.807, 2.05) is 30.3 Å². The number of benzene rings is 2. The minimum atomic E-state index is -0.323. The fraction of sp³-hybridized carbons (Fsp3) is 0.409. The van der Waals surface area contributed by atoms with Gasteiger partial charge in [-0.1, -0.05) is 30.3 Å². The van der Waals surface area contributed by atoms with Crippen molar-refractivity contribution < 1.29 is 42.4 Å². The van der Waals surface area contributed by atoms with E-state index in [0.717, 1.165) is 35.1 Å². The number of halogens is 2. The molecule has 0 aromatic heterocycles. The molecule has 0 spiro atoms. The SMILES string of the molecule is C[N+]12CCC(CC1)C(OC(=O)N(Cc1ccc(F)cc1)c1ccccc1)C2.[I-]. The molecule has 3 aliphatic heterocycles. The van der Waals surface area contributed by atoms with Crippen LogP contribution in [0.5, 0.6) is 0 Å². The number of hydrogen-bond acceptors (Lipinski definition) is 2. The first kappa shape index (κ1) is 21.0. The molecule has 28 heavy (non-hydrogen) atoms. The Morgan fingerprint density at radius 2 is 1.75 bits per heavy atom. The quantitative estimate of drug-likeness (QED) is 0.471. The molecule has 2 aromatic carbocycles. The van der Waals surface area contributed by atoms with E-state index in [2.05, 4.69) is 7.05 Å². The van der Waals surface area contributed by atoms with Gasteiger partial charge in [0.2, 0.25) is 0 Å². The molecule has 6 heteroatoms. The first-order valence-corrected chi connectivity index (χ1v) is 9.64. The summed E-state index contributed by atoms with van der Waals surface area (Å²) in [6.45, 7) is 3.61. The number of amides is 1. The predicted molar refractivity (Wildman–Crippen MR) is 103 cm³/mol. The smallest absolute Gasteiger partial charge is 0.415 e. The van der Waals surface area contributed by atoms with Gasteiger partial charge in [0.05, 0.1) is 26.7 Å². The summed E-state index contributed by atoms with van der Waals surface area (Å²) in [5, 5.41) is 0. The molecular formula is C22H26FIN2O2. The van der Waals surface area contributed by atoms with Gasteiger partial charge in [-0.25, -0.2) is 9.18 Å². The molecular weight excluding hydrogens is 470 g/mol. The molecule has 2 aromatic rings. The molecule has 1 unspecified atom stereocenters. The second kappa shape index (κ2) is 8.78. The topological polar surface area (TPSA) is 29.5 Å². The number of ether oxygens (including phenoxy) is 1. The number of likely N-dealkylation sites (N-methyl/N-ethyl adjacent to an activating group) is 1. The molecule has 1 amide bonds. The van der Waals surface area contributed by atoms with Crippen molar-refractivity contribution in [2.75, 3.05) is 31.6 Å². The van der Waals surface area contributed by atoms with Crippen LogP contribution in [-0.4, -0.2) is 43.4 Å². The van der Waals surface area contributed by atoms with E-state index in [4.69, 9.17) is 4.74 Å². The lowest BCUT2D eigenvalue weighted by atomic mass is 9.84. The van der Waals surface area contributed by atoms with Gasteiger partial charge in [-0.15, -0.1) is 0 Å². The number of fused-ring (bicyclic) bond motifs is 3. The molecule has 3 saturated heterocycles.